The second-order valence-electron chi connectivity index (χ2n) is 8.06. The van der Waals surface area contributed by atoms with Crippen molar-refractivity contribution in [3.05, 3.63) is 51.1 Å². The smallest absolute Gasteiger partial charge is 0.231 e. The lowest BCUT2D eigenvalue weighted by Gasteiger charge is -2.20. The van der Waals surface area contributed by atoms with Gasteiger partial charge in [0.25, 0.3) is 0 Å². The second-order valence-corrected chi connectivity index (χ2v) is 8.85. The number of halogens is 1. The molecule has 0 aliphatic carbocycles. The van der Waals surface area contributed by atoms with Crippen molar-refractivity contribution in [3.8, 4) is 17.2 Å². The van der Waals surface area contributed by atoms with Gasteiger partial charge in [-0.2, -0.15) is 0 Å². The number of hydrogen-bond acceptors (Lipinski definition) is 6. The first-order valence-electron chi connectivity index (χ1n) is 10.4. The van der Waals surface area contributed by atoms with E-state index in [1.54, 1.807) is 31.4 Å². The third kappa shape index (κ3) is 3.95. The van der Waals surface area contributed by atoms with Crippen LogP contribution in [0.25, 0.3) is 6.08 Å². The Balaban J connectivity index is 1.76. The van der Waals surface area contributed by atoms with E-state index < -0.39 is 0 Å². The van der Waals surface area contributed by atoms with Crippen LogP contribution in [0.3, 0.4) is 0 Å². The number of rotatable bonds is 5. The maximum atomic E-state index is 13.5. The molecule has 1 N–H and O–H groups in total. The van der Waals surface area contributed by atoms with E-state index in [4.69, 9.17) is 14.2 Å². The van der Waals surface area contributed by atoms with E-state index in [0.29, 0.717) is 47.2 Å². The van der Waals surface area contributed by atoms with E-state index in [9.17, 15) is 9.59 Å². The average Bonchev–Trinajstić information content (AvgIpc) is 3.19. The standard InChI is InChI=1S/C24H25BrN2O5/c1-13(2)24(29)26-15-7-5-6-14(10-15)20(28)18-11-17-16(8-9-27(18)3)19(25)22-23(21(17)30-4)32-12-31-22/h5-7,10-11,13H,8-9,12H2,1-4H3,(H,26,29). The zero-order chi connectivity index (χ0) is 23.0. The van der Waals surface area contributed by atoms with E-state index in [-0.39, 0.29) is 24.4 Å². The molecule has 2 heterocycles. The first kappa shape index (κ1) is 22.2. The molecule has 8 heteroatoms. The van der Waals surface area contributed by atoms with Crippen LogP contribution >= 0.6 is 15.9 Å². The van der Waals surface area contributed by atoms with Crippen LogP contribution in [0, 0.1) is 5.92 Å². The Morgan fingerprint density at radius 2 is 1.97 bits per heavy atom. The van der Waals surface area contributed by atoms with Gasteiger partial charge in [0.1, 0.15) is 0 Å². The van der Waals surface area contributed by atoms with Gasteiger partial charge in [-0.3, -0.25) is 9.59 Å². The minimum Gasteiger partial charge on any atom is -0.492 e. The molecule has 168 valence electrons. The lowest BCUT2D eigenvalue weighted by Crippen LogP contribution is -2.25. The van der Waals surface area contributed by atoms with Gasteiger partial charge in [0, 0.05) is 36.3 Å². The van der Waals surface area contributed by atoms with Crippen molar-refractivity contribution in [2.75, 3.05) is 32.8 Å². The number of likely N-dealkylation sites (N-methyl/N-ethyl adjacent to an activating group) is 1. The highest BCUT2D eigenvalue weighted by Crippen LogP contribution is 2.51. The zero-order valence-electron chi connectivity index (χ0n) is 18.5. The lowest BCUT2D eigenvalue weighted by atomic mass is 10.0. The molecular formula is C24H25BrN2O5. The maximum Gasteiger partial charge on any atom is 0.231 e. The summed E-state index contributed by atoms with van der Waals surface area (Å²) < 4.78 is 17.8. The molecule has 0 saturated carbocycles. The number of ether oxygens (including phenoxy) is 3. The number of benzene rings is 2. The number of carbonyl (C=O) groups is 2. The molecule has 0 bridgehead atoms. The number of Topliss-reactive ketones (excluding diaryl/α,β-unsaturated/α-hetero) is 1. The predicted octanol–water partition coefficient (Wildman–Crippen LogP) is 4.49. The monoisotopic (exact) mass is 500 g/mol. The Kier molecular flexibility index (Phi) is 6.15. The van der Waals surface area contributed by atoms with Crippen molar-refractivity contribution in [1.29, 1.82) is 0 Å². The van der Waals surface area contributed by atoms with Crippen LogP contribution in [-0.2, 0) is 11.2 Å². The number of nitrogens with zero attached hydrogens (tertiary/aromatic N) is 1. The Morgan fingerprint density at radius 3 is 2.69 bits per heavy atom. The van der Waals surface area contributed by atoms with Gasteiger partial charge in [-0.25, -0.2) is 0 Å². The fourth-order valence-electron chi connectivity index (χ4n) is 3.78. The average molecular weight is 501 g/mol. The van der Waals surface area contributed by atoms with Crippen molar-refractivity contribution >= 4 is 39.4 Å². The molecule has 0 aromatic heterocycles. The summed E-state index contributed by atoms with van der Waals surface area (Å²) >= 11 is 3.65. The van der Waals surface area contributed by atoms with Gasteiger partial charge in [0.2, 0.25) is 24.2 Å². The quantitative estimate of drug-likeness (QED) is 0.609. The summed E-state index contributed by atoms with van der Waals surface area (Å²) in [6.45, 7) is 4.40. The largest absolute Gasteiger partial charge is 0.492 e. The lowest BCUT2D eigenvalue weighted by molar-refractivity contribution is -0.118. The Hall–Kier alpha value is -3.00. The maximum absolute atomic E-state index is 13.5. The van der Waals surface area contributed by atoms with Crippen LogP contribution in [0.4, 0.5) is 5.69 Å². The molecule has 0 radical (unpaired) electrons. The van der Waals surface area contributed by atoms with Gasteiger partial charge in [-0.1, -0.05) is 26.0 Å². The van der Waals surface area contributed by atoms with Crippen molar-refractivity contribution in [1.82, 2.24) is 4.90 Å². The molecule has 7 nitrogen and oxygen atoms in total. The molecule has 2 aliphatic heterocycles. The van der Waals surface area contributed by atoms with Crippen molar-refractivity contribution in [2.24, 2.45) is 5.92 Å². The molecule has 0 spiro atoms. The number of methoxy groups -OCH3 is 1. The highest BCUT2D eigenvalue weighted by atomic mass is 79.9. The number of nitrogens with one attached hydrogen (secondary N) is 1. The Bertz CT molecular complexity index is 1130. The summed E-state index contributed by atoms with van der Waals surface area (Å²) in [7, 11) is 3.47. The molecule has 32 heavy (non-hydrogen) atoms. The van der Waals surface area contributed by atoms with Gasteiger partial charge in [-0.05, 0) is 46.1 Å². The Morgan fingerprint density at radius 1 is 1.22 bits per heavy atom. The fourth-order valence-corrected chi connectivity index (χ4v) is 4.49. The number of amides is 1. The number of allylic oxidation sites excluding steroid dienone is 1. The third-order valence-corrected chi connectivity index (χ3v) is 6.43. The molecular weight excluding hydrogens is 476 g/mol. The van der Waals surface area contributed by atoms with Crippen LogP contribution in [-0.4, -0.2) is 44.1 Å². The van der Waals surface area contributed by atoms with Gasteiger partial charge in [0.15, 0.2) is 11.5 Å². The highest BCUT2D eigenvalue weighted by Gasteiger charge is 2.31. The predicted molar refractivity (Wildman–Crippen MR) is 125 cm³/mol. The molecule has 2 aromatic carbocycles. The van der Waals surface area contributed by atoms with E-state index in [0.717, 1.165) is 15.6 Å². The molecule has 0 fully saturated rings. The van der Waals surface area contributed by atoms with Gasteiger partial charge in [-0.15, -0.1) is 0 Å². The Labute approximate surface area is 195 Å². The van der Waals surface area contributed by atoms with Crippen LogP contribution < -0.4 is 19.5 Å². The van der Waals surface area contributed by atoms with Crippen molar-refractivity contribution < 1.29 is 23.8 Å². The number of anilines is 1. The first-order chi connectivity index (χ1) is 15.3. The van der Waals surface area contributed by atoms with Gasteiger partial charge < -0.3 is 24.4 Å². The van der Waals surface area contributed by atoms with Crippen LogP contribution in [0.2, 0.25) is 0 Å². The second kappa shape index (κ2) is 8.86. The molecule has 4 rings (SSSR count). The molecule has 2 aliphatic rings. The molecule has 0 saturated heterocycles. The minimum absolute atomic E-state index is 0.0972. The normalized spacial score (nSPS) is 14.6. The molecule has 2 aromatic rings. The van der Waals surface area contributed by atoms with E-state index in [1.807, 2.05) is 31.9 Å². The SMILES string of the molecule is COc1c2c(c(Br)c3c1OCO3)CCN(C)C(C(=O)c1cccc(NC(=O)C(C)C)c1)=C2. The topological polar surface area (TPSA) is 77.1 Å². The van der Waals surface area contributed by atoms with Crippen LogP contribution in [0.15, 0.2) is 34.4 Å². The third-order valence-electron chi connectivity index (χ3n) is 5.60. The van der Waals surface area contributed by atoms with E-state index in [1.165, 1.54) is 0 Å². The number of fused-ring (bicyclic) bond motifs is 2. The summed E-state index contributed by atoms with van der Waals surface area (Å²) in [5.74, 6) is 1.32. The summed E-state index contributed by atoms with van der Waals surface area (Å²) in [6.07, 6.45) is 2.53. The van der Waals surface area contributed by atoms with Crippen molar-refractivity contribution in [3.63, 3.8) is 0 Å². The van der Waals surface area contributed by atoms with Gasteiger partial charge >= 0.3 is 0 Å². The molecule has 0 unspecified atom stereocenters. The van der Waals surface area contributed by atoms with Gasteiger partial charge in [0.05, 0.1) is 17.3 Å². The summed E-state index contributed by atoms with van der Waals surface area (Å²) in [4.78, 5) is 27.5. The summed E-state index contributed by atoms with van der Waals surface area (Å²) in [5, 5.41) is 2.85. The number of hydrogen-bond donors (Lipinski definition) is 1. The first-order valence-corrected chi connectivity index (χ1v) is 11.2. The summed E-state index contributed by atoms with van der Waals surface area (Å²) in [5.41, 5.74) is 3.40. The highest BCUT2D eigenvalue weighted by molar-refractivity contribution is 9.10. The molecule has 0 atom stereocenters. The van der Waals surface area contributed by atoms with Crippen LogP contribution in [0.5, 0.6) is 17.2 Å². The molecule has 1 amide bonds. The van der Waals surface area contributed by atoms with E-state index >= 15 is 0 Å². The van der Waals surface area contributed by atoms with E-state index in [2.05, 4.69) is 21.2 Å². The van der Waals surface area contributed by atoms with Crippen LogP contribution in [0.1, 0.15) is 35.3 Å². The number of ketones is 1. The zero-order valence-corrected chi connectivity index (χ0v) is 20.0. The number of carbonyl (C=O) groups excluding carboxylic acids is 2. The van der Waals surface area contributed by atoms with Crippen molar-refractivity contribution in [2.45, 2.75) is 20.3 Å². The fraction of sp³-hybridized carbons (Fsp3) is 0.333. The minimum atomic E-state index is -0.152. The summed E-state index contributed by atoms with van der Waals surface area (Å²) in [6, 6.07) is 7.00.